The van der Waals surface area contributed by atoms with E-state index in [-0.39, 0.29) is 6.03 Å². The first-order valence-electron chi connectivity index (χ1n) is 12.7. The van der Waals surface area contributed by atoms with Gasteiger partial charge in [-0.3, -0.25) is 0 Å². The average molecular weight is 517 g/mol. The highest BCUT2D eigenvalue weighted by Gasteiger charge is 2.18. The van der Waals surface area contributed by atoms with Crippen molar-refractivity contribution in [2.75, 3.05) is 43.1 Å². The zero-order valence-corrected chi connectivity index (χ0v) is 22.5. The van der Waals surface area contributed by atoms with Crippen molar-refractivity contribution in [3.63, 3.8) is 0 Å². The van der Waals surface area contributed by atoms with E-state index >= 15 is 0 Å². The predicted octanol–water partition coefficient (Wildman–Crippen LogP) is 5.86. The lowest BCUT2D eigenvalue weighted by Crippen LogP contribution is -2.39. The third-order valence-corrected chi connectivity index (χ3v) is 6.74. The van der Waals surface area contributed by atoms with E-state index in [1.807, 2.05) is 67.2 Å². The molecule has 0 aliphatic heterocycles. The van der Waals surface area contributed by atoms with Gasteiger partial charge in [0.1, 0.15) is 12.4 Å². The number of thioether (sulfide) groups is 1. The topological polar surface area (TPSA) is 88.1 Å². The molecule has 2 aromatic carbocycles. The lowest BCUT2D eigenvalue weighted by Gasteiger charge is -2.23. The second kappa shape index (κ2) is 16.9. The number of carboxylic acid groups (broad SMARTS) is 1. The number of para-hydroxylation sites is 1. The first-order chi connectivity index (χ1) is 17.4. The number of carbonyl (C=O) groups excluding carboxylic acids is 1. The summed E-state index contributed by atoms with van der Waals surface area (Å²) in [6.45, 7) is 7.77. The van der Waals surface area contributed by atoms with Crippen LogP contribution in [0.3, 0.4) is 0 Å². The van der Waals surface area contributed by atoms with Crippen LogP contribution < -0.4 is 10.1 Å². The number of unbranched alkanes of at least 4 members (excludes halogenated alkanes) is 2. The van der Waals surface area contributed by atoms with Gasteiger partial charge in [-0.15, -0.1) is 0 Å². The summed E-state index contributed by atoms with van der Waals surface area (Å²) < 4.78 is 11.2. The number of benzene rings is 2. The van der Waals surface area contributed by atoms with Crippen molar-refractivity contribution in [3.8, 4) is 5.75 Å². The standard InChI is InChI=1S/C28H40N2O5S/c1-4-6-9-19-36-20-17-30(28(33)29-25-11-8-7-10-22(25)3)16-18-35-24-14-12-23(13-15-24)21-26(27(31)32)34-5-2/h7-8,10-15,26H,4-6,9,16-21H2,1-3H3,(H,29,33)(H,31,32). The number of nitrogens with one attached hydrogen (secondary N) is 1. The van der Waals surface area contributed by atoms with E-state index in [0.717, 1.165) is 28.3 Å². The molecule has 0 aliphatic carbocycles. The third kappa shape index (κ3) is 10.9. The fourth-order valence-corrected chi connectivity index (χ4v) is 4.54. The molecular formula is C28H40N2O5S. The molecule has 0 saturated carbocycles. The van der Waals surface area contributed by atoms with Crippen molar-refractivity contribution < 1.29 is 24.2 Å². The number of nitrogens with zero attached hydrogens (tertiary/aromatic N) is 1. The normalized spacial score (nSPS) is 11.6. The first-order valence-corrected chi connectivity index (χ1v) is 13.9. The second-order valence-electron chi connectivity index (χ2n) is 8.53. The number of aryl methyl sites for hydroxylation is 1. The minimum absolute atomic E-state index is 0.131. The van der Waals surface area contributed by atoms with Gasteiger partial charge in [-0.1, -0.05) is 50.1 Å². The van der Waals surface area contributed by atoms with Gasteiger partial charge < -0.3 is 24.8 Å². The van der Waals surface area contributed by atoms with Gasteiger partial charge in [0, 0.05) is 31.0 Å². The minimum Gasteiger partial charge on any atom is -0.492 e. The Bertz CT molecular complexity index is 922. The zero-order valence-electron chi connectivity index (χ0n) is 21.7. The summed E-state index contributed by atoms with van der Waals surface area (Å²) >= 11 is 1.88. The lowest BCUT2D eigenvalue weighted by atomic mass is 10.1. The van der Waals surface area contributed by atoms with Crippen LogP contribution in [0.15, 0.2) is 48.5 Å². The molecular weight excluding hydrogens is 476 g/mol. The highest BCUT2D eigenvalue weighted by molar-refractivity contribution is 7.99. The summed E-state index contributed by atoms with van der Waals surface area (Å²) in [6, 6.07) is 15.0. The van der Waals surface area contributed by atoms with Crippen LogP contribution in [0.1, 0.15) is 44.2 Å². The molecule has 1 unspecified atom stereocenters. The summed E-state index contributed by atoms with van der Waals surface area (Å²) in [5.41, 5.74) is 2.69. The Labute approximate surface area is 219 Å². The second-order valence-corrected chi connectivity index (χ2v) is 9.76. The maximum absolute atomic E-state index is 13.0. The fraction of sp³-hybridized carbons (Fsp3) is 0.500. The molecule has 36 heavy (non-hydrogen) atoms. The number of anilines is 1. The Morgan fingerprint density at radius 3 is 2.44 bits per heavy atom. The lowest BCUT2D eigenvalue weighted by molar-refractivity contribution is -0.149. The monoisotopic (exact) mass is 516 g/mol. The van der Waals surface area contributed by atoms with Crippen molar-refractivity contribution in [2.24, 2.45) is 0 Å². The summed E-state index contributed by atoms with van der Waals surface area (Å²) in [4.78, 5) is 26.1. The smallest absolute Gasteiger partial charge is 0.333 e. The summed E-state index contributed by atoms with van der Waals surface area (Å²) in [6.07, 6.45) is 3.08. The van der Waals surface area contributed by atoms with Crippen LogP contribution in [0.25, 0.3) is 0 Å². The first kappa shape index (κ1) is 29.5. The van der Waals surface area contributed by atoms with E-state index in [0.29, 0.717) is 38.5 Å². The molecule has 0 aliphatic rings. The molecule has 1 atom stereocenters. The molecule has 0 bridgehead atoms. The van der Waals surface area contributed by atoms with Gasteiger partial charge >= 0.3 is 12.0 Å². The number of rotatable bonds is 17. The van der Waals surface area contributed by atoms with E-state index < -0.39 is 12.1 Å². The Hall–Kier alpha value is -2.71. The van der Waals surface area contributed by atoms with Crippen LogP contribution in [0, 0.1) is 6.92 Å². The Morgan fingerprint density at radius 2 is 1.78 bits per heavy atom. The van der Waals surface area contributed by atoms with Gasteiger partial charge in [0.15, 0.2) is 6.10 Å². The van der Waals surface area contributed by atoms with E-state index in [1.165, 1.54) is 19.3 Å². The molecule has 0 aromatic heterocycles. The maximum atomic E-state index is 13.0. The van der Waals surface area contributed by atoms with Crippen molar-refractivity contribution >= 4 is 29.4 Å². The van der Waals surface area contributed by atoms with E-state index in [9.17, 15) is 14.7 Å². The minimum atomic E-state index is -0.968. The van der Waals surface area contributed by atoms with Crippen LogP contribution in [0.2, 0.25) is 0 Å². The van der Waals surface area contributed by atoms with Crippen molar-refractivity contribution in [3.05, 3.63) is 59.7 Å². The van der Waals surface area contributed by atoms with Crippen LogP contribution in [0.5, 0.6) is 5.75 Å². The maximum Gasteiger partial charge on any atom is 0.333 e. The van der Waals surface area contributed by atoms with Crippen LogP contribution in [-0.2, 0) is 16.0 Å². The Balaban J connectivity index is 1.90. The zero-order chi connectivity index (χ0) is 26.2. The molecule has 0 fully saturated rings. The van der Waals surface area contributed by atoms with Crippen LogP contribution >= 0.6 is 11.8 Å². The molecule has 2 N–H and O–H groups in total. The summed E-state index contributed by atoms with van der Waals surface area (Å²) in [5.74, 6) is 1.69. The number of aliphatic carboxylic acids is 1. The number of amides is 2. The number of urea groups is 1. The molecule has 2 aromatic rings. The number of hydrogen-bond donors (Lipinski definition) is 2. The Morgan fingerprint density at radius 1 is 1.03 bits per heavy atom. The predicted molar refractivity (Wildman–Crippen MR) is 147 cm³/mol. The molecule has 0 radical (unpaired) electrons. The van der Waals surface area contributed by atoms with E-state index in [4.69, 9.17) is 9.47 Å². The number of carboxylic acids is 1. The van der Waals surface area contributed by atoms with E-state index in [1.54, 1.807) is 11.8 Å². The van der Waals surface area contributed by atoms with Gasteiger partial charge in [-0.2, -0.15) is 11.8 Å². The SMILES string of the molecule is CCCCCSCCN(CCOc1ccc(CC(OCC)C(=O)O)cc1)C(=O)Nc1ccccc1C. The molecule has 198 valence electrons. The molecule has 2 amide bonds. The highest BCUT2D eigenvalue weighted by atomic mass is 32.2. The third-order valence-electron chi connectivity index (χ3n) is 5.69. The molecule has 8 heteroatoms. The van der Waals surface area contributed by atoms with Crippen LogP contribution in [0.4, 0.5) is 10.5 Å². The van der Waals surface area contributed by atoms with Gasteiger partial charge in [0.25, 0.3) is 0 Å². The number of hydrogen-bond acceptors (Lipinski definition) is 5. The van der Waals surface area contributed by atoms with Gasteiger partial charge in [-0.25, -0.2) is 9.59 Å². The van der Waals surface area contributed by atoms with Gasteiger partial charge in [0.2, 0.25) is 0 Å². The van der Waals surface area contributed by atoms with Crippen LogP contribution in [-0.4, -0.2) is 65.9 Å². The quantitative estimate of drug-likeness (QED) is 0.256. The van der Waals surface area contributed by atoms with Gasteiger partial charge in [-0.05, 0) is 55.3 Å². The summed E-state index contributed by atoms with van der Waals surface area (Å²) in [5, 5.41) is 12.3. The van der Waals surface area contributed by atoms with Crippen molar-refractivity contribution in [1.29, 1.82) is 0 Å². The largest absolute Gasteiger partial charge is 0.492 e. The molecule has 0 spiro atoms. The molecule has 2 rings (SSSR count). The van der Waals surface area contributed by atoms with E-state index in [2.05, 4.69) is 12.2 Å². The number of ether oxygens (including phenoxy) is 2. The molecule has 0 heterocycles. The number of carbonyl (C=O) groups is 2. The van der Waals surface area contributed by atoms with Gasteiger partial charge in [0.05, 0.1) is 6.54 Å². The average Bonchev–Trinajstić information content (AvgIpc) is 2.87. The van der Waals surface area contributed by atoms with Crippen molar-refractivity contribution in [1.82, 2.24) is 4.90 Å². The fourth-order valence-electron chi connectivity index (χ4n) is 3.58. The highest BCUT2D eigenvalue weighted by Crippen LogP contribution is 2.16. The summed E-state index contributed by atoms with van der Waals surface area (Å²) in [7, 11) is 0. The molecule has 7 nitrogen and oxygen atoms in total. The van der Waals surface area contributed by atoms with Crippen molar-refractivity contribution in [2.45, 2.75) is 52.6 Å². The Kier molecular flexibility index (Phi) is 13.8. The molecule has 0 saturated heterocycles.